The Hall–Kier alpha value is -3.64. The van der Waals surface area contributed by atoms with Crippen molar-refractivity contribution >= 4 is 17.7 Å². The molecule has 0 aliphatic rings. The average molecular weight is 456 g/mol. The number of thioether (sulfide) groups is 1. The van der Waals surface area contributed by atoms with Crippen molar-refractivity contribution in [3.05, 3.63) is 95.8 Å². The van der Waals surface area contributed by atoms with Crippen molar-refractivity contribution in [2.45, 2.75) is 18.4 Å². The van der Waals surface area contributed by atoms with E-state index in [9.17, 15) is 4.79 Å². The third-order valence-corrected chi connectivity index (χ3v) is 6.22. The van der Waals surface area contributed by atoms with Gasteiger partial charge in [0.15, 0.2) is 0 Å². The Kier molecular flexibility index (Phi) is 7.05. The Morgan fingerprint density at radius 3 is 2.58 bits per heavy atom. The molecule has 4 aromatic rings. The Bertz CT molecular complexity index is 1290. The number of methoxy groups -OCH3 is 1. The van der Waals surface area contributed by atoms with Gasteiger partial charge in [-0.15, -0.1) is 11.8 Å². The molecule has 0 saturated heterocycles. The van der Waals surface area contributed by atoms with Crippen LogP contribution in [0.3, 0.4) is 0 Å². The molecule has 1 N–H and O–H groups in total. The molecule has 1 amide bonds. The third-order valence-electron chi connectivity index (χ3n) is 5.34. The van der Waals surface area contributed by atoms with Crippen LogP contribution >= 0.6 is 11.8 Å². The summed E-state index contributed by atoms with van der Waals surface area (Å²) in [6, 6.07) is 23.6. The van der Waals surface area contributed by atoms with Crippen molar-refractivity contribution in [2.75, 3.05) is 13.4 Å². The van der Waals surface area contributed by atoms with Crippen LogP contribution in [-0.2, 0) is 6.54 Å². The van der Waals surface area contributed by atoms with Crippen molar-refractivity contribution in [3.8, 4) is 28.3 Å². The number of benzene rings is 2. The molecule has 2 aromatic carbocycles. The molecule has 0 radical (unpaired) electrons. The van der Waals surface area contributed by atoms with E-state index in [1.807, 2.05) is 73.8 Å². The van der Waals surface area contributed by atoms with Crippen LogP contribution in [0, 0.1) is 6.92 Å². The predicted molar refractivity (Wildman–Crippen MR) is 134 cm³/mol. The normalized spacial score (nSPS) is 10.6. The highest BCUT2D eigenvalue weighted by atomic mass is 32.2. The monoisotopic (exact) mass is 455 g/mol. The molecule has 0 aliphatic carbocycles. The number of carbonyl (C=O) groups excluding carboxylic acids is 1. The number of hydrogen-bond donors (Lipinski definition) is 1. The van der Waals surface area contributed by atoms with E-state index in [2.05, 4.69) is 27.4 Å². The zero-order valence-corrected chi connectivity index (χ0v) is 19.6. The van der Waals surface area contributed by atoms with E-state index >= 15 is 0 Å². The molecule has 33 heavy (non-hydrogen) atoms. The first kappa shape index (κ1) is 22.6. The number of pyridine rings is 2. The molecule has 5 nitrogen and oxygen atoms in total. The molecular formula is C27H25N3O2S. The minimum atomic E-state index is -0.108. The van der Waals surface area contributed by atoms with Gasteiger partial charge in [0.05, 0.1) is 25.0 Å². The summed E-state index contributed by atoms with van der Waals surface area (Å²) >= 11 is 1.64. The Morgan fingerprint density at radius 1 is 0.970 bits per heavy atom. The molecule has 0 aliphatic heterocycles. The van der Waals surface area contributed by atoms with Crippen molar-refractivity contribution < 1.29 is 9.53 Å². The highest BCUT2D eigenvalue weighted by molar-refractivity contribution is 7.98. The number of aromatic nitrogens is 2. The van der Waals surface area contributed by atoms with Crippen LogP contribution in [0.15, 0.2) is 83.9 Å². The van der Waals surface area contributed by atoms with Gasteiger partial charge in [0, 0.05) is 28.3 Å². The maximum Gasteiger partial charge on any atom is 0.251 e. The van der Waals surface area contributed by atoms with Gasteiger partial charge >= 0.3 is 0 Å². The van der Waals surface area contributed by atoms with Crippen molar-refractivity contribution in [3.63, 3.8) is 0 Å². The minimum Gasteiger partial charge on any atom is -0.481 e. The summed E-state index contributed by atoms with van der Waals surface area (Å²) in [6.07, 6.45) is 3.78. The second-order valence-electron chi connectivity index (χ2n) is 7.55. The number of nitrogens with zero attached hydrogens (tertiary/aromatic N) is 2. The van der Waals surface area contributed by atoms with Gasteiger partial charge in [-0.3, -0.25) is 9.78 Å². The highest BCUT2D eigenvalue weighted by Crippen LogP contribution is 2.27. The minimum absolute atomic E-state index is 0.108. The van der Waals surface area contributed by atoms with E-state index in [0.29, 0.717) is 18.0 Å². The fourth-order valence-corrected chi connectivity index (χ4v) is 4.17. The molecule has 2 aromatic heterocycles. The van der Waals surface area contributed by atoms with E-state index in [1.54, 1.807) is 25.1 Å². The predicted octanol–water partition coefficient (Wildman–Crippen LogP) is 5.78. The Morgan fingerprint density at radius 2 is 1.76 bits per heavy atom. The van der Waals surface area contributed by atoms with Gasteiger partial charge in [-0.2, -0.15) is 0 Å². The van der Waals surface area contributed by atoms with E-state index < -0.39 is 0 Å². The smallest absolute Gasteiger partial charge is 0.251 e. The second kappa shape index (κ2) is 10.3. The van der Waals surface area contributed by atoms with Crippen LogP contribution in [0.2, 0.25) is 0 Å². The lowest BCUT2D eigenvalue weighted by atomic mass is 10.0. The van der Waals surface area contributed by atoms with Gasteiger partial charge < -0.3 is 10.1 Å². The zero-order valence-electron chi connectivity index (χ0n) is 18.8. The molecule has 0 spiro atoms. The fourth-order valence-electron chi connectivity index (χ4n) is 3.54. The summed E-state index contributed by atoms with van der Waals surface area (Å²) in [7, 11) is 1.61. The fraction of sp³-hybridized carbons (Fsp3) is 0.148. The van der Waals surface area contributed by atoms with Crippen LogP contribution in [0.5, 0.6) is 5.88 Å². The number of amides is 1. The average Bonchev–Trinajstić information content (AvgIpc) is 2.88. The van der Waals surface area contributed by atoms with Crippen LogP contribution < -0.4 is 10.1 Å². The lowest BCUT2D eigenvalue weighted by Crippen LogP contribution is -2.23. The van der Waals surface area contributed by atoms with Crippen LogP contribution in [-0.4, -0.2) is 29.2 Å². The van der Waals surface area contributed by atoms with Crippen molar-refractivity contribution in [2.24, 2.45) is 0 Å². The van der Waals surface area contributed by atoms with Gasteiger partial charge in [-0.1, -0.05) is 30.3 Å². The first-order valence-corrected chi connectivity index (χ1v) is 11.8. The number of rotatable bonds is 7. The van der Waals surface area contributed by atoms with Gasteiger partial charge in [-0.05, 0) is 66.3 Å². The lowest BCUT2D eigenvalue weighted by Gasteiger charge is -2.10. The number of hydrogen-bond acceptors (Lipinski definition) is 5. The number of nitrogens with one attached hydrogen (secondary N) is 1. The Balaban J connectivity index is 1.51. The molecule has 0 saturated carbocycles. The summed E-state index contributed by atoms with van der Waals surface area (Å²) in [5, 5.41) is 2.98. The van der Waals surface area contributed by atoms with Crippen LogP contribution in [0.25, 0.3) is 22.4 Å². The van der Waals surface area contributed by atoms with Crippen LogP contribution in [0.1, 0.15) is 21.6 Å². The lowest BCUT2D eigenvalue weighted by molar-refractivity contribution is 0.0950. The summed E-state index contributed by atoms with van der Waals surface area (Å²) in [5.74, 6) is 0.474. The highest BCUT2D eigenvalue weighted by Gasteiger charge is 2.09. The number of ether oxygens (including phenoxy) is 1. The first-order valence-electron chi connectivity index (χ1n) is 10.6. The molecule has 0 atom stereocenters. The maximum atomic E-state index is 12.6. The zero-order chi connectivity index (χ0) is 23.2. The summed E-state index contributed by atoms with van der Waals surface area (Å²) < 4.78 is 5.25. The van der Waals surface area contributed by atoms with Gasteiger partial charge in [0.1, 0.15) is 0 Å². The summed E-state index contributed by atoms with van der Waals surface area (Å²) in [5.41, 5.74) is 6.54. The topological polar surface area (TPSA) is 64.1 Å². The third kappa shape index (κ3) is 5.41. The Labute approximate surface area is 198 Å². The van der Waals surface area contributed by atoms with Gasteiger partial charge in [0.25, 0.3) is 5.91 Å². The second-order valence-corrected chi connectivity index (χ2v) is 8.40. The van der Waals surface area contributed by atoms with Gasteiger partial charge in [0.2, 0.25) is 5.88 Å². The van der Waals surface area contributed by atoms with E-state index in [-0.39, 0.29) is 5.91 Å². The molecular weight excluding hydrogens is 430 g/mol. The number of carbonyl (C=O) groups is 1. The standard InChI is InChI=1S/C27H25N3O2S/c1-18-10-11-22(16-25(18)33-3)27(31)29-17-23-15-20(12-13-28-23)19-6-4-7-21(14-19)24-8-5-9-26(30-24)32-2/h4-16H,17H2,1-3H3,(H,29,31). The molecule has 166 valence electrons. The van der Waals surface area contributed by atoms with E-state index in [4.69, 9.17) is 4.74 Å². The van der Waals surface area contributed by atoms with Crippen LogP contribution in [0.4, 0.5) is 0 Å². The molecule has 0 bridgehead atoms. The first-order chi connectivity index (χ1) is 16.1. The van der Waals surface area contributed by atoms with Crippen molar-refractivity contribution in [1.82, 2.24) is 15.3 Å². The van der Waals surface area contributed by atoms with Crippen molar-refractivity contribution in [1.29, 1.82) is 0 Å². The molecule has 0 fully saturated rings. The number of aryl methyl sites for hydroxylation is 1. The maximum absolute atomic E-state index is 12.6. The largest absolute Gasteiger partial charge is 0.481 e. The molecule has 4 rings (SSSR count). The van der Waals surface area contributed by atoms with E-state index in [1.165, 1.54) is 5.56 Å². The summed E-state index contributed by atoms with van der Waals surface area (Å²) in [6.45, 7) is 2.40. The quantitative estimate of drug-likeness (QED) is 0.358. The molecule has 6 heteroatoms. The molecule has 2 heterocycles. The van der Waals surface area contributed by atoms with Gasteiger partial charge in [-0.25, -0.2) is 4.98 Å². The summed E-state index contributed by atoms with van der Waals surface area (Å²) in [4.78, 5) is 22.7. The van der Waals surface area contributed by atoms with E-state index in [0.717, 1.165) is 33.0 Å². The molecule has 0 unspecified atom stereocenters. The SMILES string of the molecule is COc1cccc(-c2cccc(-c3ccnc(CNC(=O)c4ccc(C)c(SC)c4)c3)c2)n1.